The summed E-state index contributed by atoms with van der Waals surface area (Å²) in [5.74, 6) is -2.18. The van der Waals surface area contributed by atoms with Crippen LogP contribution in [-0.2, 0) is 13.0 Å². The highest BCUT2D eigenvalue weighted by Crippen LogP contribution is 2.40. The minimum atomic E-state index is -1.19. The average Bonchev–Trinajstić information content (AvgIpc) is 3.40. The van der Waals surface area contributed by atoms with Crippen molar-refractivity contribution in [3.8, 4) is 0 Å². The number of imidazole rings is 1. The van der Waals surface area contributed by atoms with Gasteiger partial charge in [0.25, 0.3) is 0 Å². The predicted octanol–water partition coefficient (Wildman–Crippen LogP) is 3.39. The van der Waals surface area contributed by atoms with Crippen molar-refractivity contribution in [3.05, 3.63) is 58.9 Å². The molecular formula is C19H17F3N4. The fourth-order valence-electron chi connectivity index (χ4n) is 3.90. The van der Waals surface area contributed by atoms with Crippen LogP contribution in [-0.4, -0.2) is 20.6 Å². The van der Waals surface area contributed by atoms with Crippen LogP contribution in [0, 0.1) is 17.5 Å². The van der Waals surface area contributed by atoms with E-state index in [-0.39, 0.29) is 5.56 Å². The fraction of sp³-hybridized carbons (Fsp3) is 0.368. The van der Waals surface area contributed by atoms with Crippen molar-refractivity contribution in [1.29, 1.82) is 0 Å². The zero-order valence-electron chi connectivity index (χ0n) is 13.9. The summed E-state index contributed by atoms with van der Waals surface area (Å²) in [7, 11) is 0. The van der Waals surface area contributed by atoms with Gasteiger partial charge >= 0.3 is 0 Å². The Morgan fingerprint density at radius 3 is 2.58 bits per heavy atom. The van der Waals surface area contributed by atoms with Crippen LogP contribution in [0.4, 0.5) is 13.2 Å². The van der Waals surface area contributed by atoms with Crippen LogP contribution >= 0.6 is 0 Å². The molecule has 2 aliphatic rings. The highest BCUT2D eigenvalue weighted by molar-refractivity contribution is 5.76. The monoisotopic (exact) mass is 358 g/mol. The zero-order valence-corrected chi connectivity index (χ0v) is 13.9. The summed E-state index contributed by atoms with van der Waals surface area (Å²) < 4.78 is 43.1. The standard InChI is InChI=1S/C19H17F3N4/c20-12-5-14(22)13(21)3-10(12)11-4-19-25-17-7-24-16(9-1-2-9)6-18(17)26(19)8-15(11)23/h3,5-7,9,11,15H,1-2,4,8,23H2/t11?,15-/m0/s1. The van der Waals surface area contributed by atoms with Gasteiger partial charge in [-0.25, -0.2) is 18.2 Å². The van der Waals surface area contributed by atoms with Crippen molar-refractivity contribution in [2.45, 2.75) is 43.7 Å². The molecule has 7 heteroatoms. The van der Waals surface area contributed by atoms with Gasteiger partial charge in [0, 0.05) is 42.6 Å². The Labute approximate surface area is 147 Å². The molecule has 3 aromatic rings. The SMILES string of the molecule is N[C@H]1Cn2c(nc3cnc(C4CC4)cc32)CC1c1cc(F)c(F)cc1F. The summed E-state index contributed by atoms with van der Waals surface area (Å²) in [6.45, 7) is 0.447. The van der Waals surface area contributed by atoms with E-state index in [1.165, 1.54) is 0 Å². The Morgan fingerprint density at radius 1 is 1.04 bits per heavy atom. The molecule has 1 aromatic carbocycles. The van der Waals surface area contributed by atoms with Crippen LogP contribution in [0.25, 0.3) is 11.0 Å². The molecular weight excluding hydrogens is 341 g/mol. The molecule has 4 nitrogen and oxygen atoms in total. The van der Waals surface area contributed by atoms with Gasteiger partial charge in [-0.3, -0.25) is 4.98 Å². The molecule has 0 radical (unpaired) electrons. The number of benzene rings is 1. The van der Waals surface area contributed by atoms with Gasteiger partial charge in [-0.05, 0) is 30.5 Å². The molecule has 1 aliphatic heterocycles. The van der Waals surface area contributed by atoms with Gasteiger partial charge in [-0.2, -0.15) is 0 Å². The fourth-order valence-corrected chi connectivity index (χ4v) is 3.90. The third-order valence-electron chi connectivity index (χ3n) is 5.48. The first-order valence-corrected chi connectivity index (χ1v) is 8.76. The summed E-state index contributed by atoms with van der Waals surface area (Å²) in [5.41, 5.74) is 9.23. The van der Waals surface area contributed by atoms with E-state index in [0.29, 0.717) is 24.9 Å². The molecule has 0 bridgehead atoms. The van der Waals surface area contributed by atoms with Gasteiger partial charge in [0.1, 0.15) is 17.2 Å². The minimum Gasteiger partial charge on any atom is -0.326 e. The maximum absolute atomic E-state index is 14.2. The third-order valence-corrected chi connectivity index (χ3v) is 5.48. The Kier molecular flexibility index (Phi) is 3.37. The first kappa shape index (κ1) is 15.8. The maximum atomic E-state index is 14.2. The molecule has 26 heavy (non-hydrogen) atoms. The molecule has 0 saturated heterocycles. The number of pyridine rings is 1. The van der Waals surface area contributed by atoms with Crippen molar-refractivity contribution in [2.75, 3.05) is 0 Å². The summed E-state index contributed by atoms with van der Waals surface area (Å²) in [4.78, 5) is 9.09. The quantitative estimate of drug-likeness (QED) is 0.715. The highest BCUT2D eigenvalue weighted by Gasteiger charge is 2.33. The Morgan fingerprint density at radius 2 is 1.81 bits per heavy atom. The third kappa shape index (κ3) is 2.41. The van der Waals surface area contributed by atoms with E-state index in [9.17, 15) is 13.2 Å². The normalized spacial score (nSPS) is 22.6. The number of fused-ring (bicyclic) bond motifs is 3. The Hall–Kier alpha value is -2.41. The maximum Gasteiger partial charge on any atom is 0.161 e. The van der Waals surface area contributed by atoms with Crippen LogP contribution < -0.4 is 5.73 Å². The lowest BCUT2D eigenvalue weighted by atomic mass is 9.86. The van der Waals surface area contributed by atoms with Gasteiger partial charge in [0.2, 0.25) is 0 Å². The smallest absolute Gasteiger partial charge is 0.161 e. The van der Waals surface area contributed by atoms with Gasteiger partial charge in [0.15, 0.2) is 11.6 Å². The highest BCUT2D eigenvalue weighted by atomic mass is 19.2. The van der Waals surface area contributed by atoms with Crippen LogP contribution in [0.2, 0.25) is 0 Å². The molecule has 1 unspecified atom stereocenters. The van der Waals surface area contributed by atoms with Crippen molar-refractivity contribution >= 4 is 11.0 Å². The second-order valence-electron chi connectivity index (χ2n) is 7.27. The second-order valence-corrected chi connectivity index (χ2v) is 7.27. The van der Waals surface area contributed by atoms with Gasteiger partial charge in [-0.1, -0.05) is 0 Å². The van der Waals surface area contributed by atoms with Crippen molar-refractivity contribution in [1.82, 2.24) is 14.5 Å². The van der Waals surface area contributed by atoms with Crippen LogP contribution in [0.1, 0.15) is 41.8 Å². The molecule has 0 spiro atoms. The molecule has 2 atom stereocenters. The van der Waals surface area contributed by atoms with Gasteiger partial charge in [-0.15, -0.1) is 0 Å². The molecule has 134 valence electrons. The van der Waals surface area contributed by atoms with E-state index >= 15 is 0 Å². The minimum absolute atomic E-state index is 0.103. The Balaban J connectivity index is 1.56. The number of nitrogens with two attached hydrogens (primary N) is 1. The van der Waals surface area contributed by atoms with Crippen LogP contribution in [0.3, 0.4) is 0 Å². The van der Waals surface area contributed by atoms with Gasteiger partial charge in [0.05, 0.1) is 11.7 Å². The molecule has 2 N–H and O–H groups in total. The van der Waals surface area contributed by atoms with E-state index in [2.05, 4.69) is 16.0 Å². The average molecular weight is 358 g/mol. The number of nitrogens with zero attached hydrogens (tertiary/aromatic N) is 3. The van der Waals surface area contributed by atoms with Crippen molar-refractivity contribution in [3.63, 3.8) is 0 Å². The van der Waals surface area contributed by atoms with E-state index in [1.54, 1.807) is 6.20 Å². The summed E-state index contributed by atoms with van der Waals surface area (Å²) in [6.07, 6.45) is 4.47. The zero-order chi connectivity index (χ0) is 18.0. The van der Waals surface area contributed by atoms with E-state index in [1.807, 2.05) is 4.57 Å². The molecule has 1 fully saturated rings. The molecule has 1 saturated carbocycles. The lowest BCUT2D eigenvalue weighted by Crippen LogP contribution is -2.39. The first-order chi connectivity index (χ1) is 12.5. The number of aromatic nitrogens is 3. The summed E-state index contributed by atoms with van der Waals surface area (Å²) >= 11 is 0. The first-order valence-electron chi connectivity index (χ1n) is 8.76. The number of halogens is 3. The van der Waals surface area contributed by atoms with Crippen molar-refractivity contribution in [2.24, 2.45) is 5.73 Å². The molecule has 1 aliphatic carbocycles. The lowest BCUT2D eigenvalue weighted by Gasteiger charge is -2.30. The van der Waals surface area contributed by atoms with Crippen LogP contribution in [0.5, 0.6) is 0 Å². The van der Waals surface area contributed by atoms with E-state index < -0.39 is 29.4 Å². The topological polar surface area (TPSA) is 56.7 Å². The van der Waals surface area contributed by atoms with E-state index in [0.717, 1.165) is 41.5 Å². The Bertz CT molecular complexity index is 1030. The molecule has 0 amide bonds. The van der Waals surface area contributed by atoms with Gasteiger partial charge < -0.3 is 10.3 Å². The predicted molar refractivity (Wildman–Crippen MR) is 90.2 cm³/mol. The molecule has 5 rings (SSSR count). The molecule has 3 heterocycles. The number of hydrogen-bond donors (Lipinski definition) is 1. The van der Waals surface area contributed by atoms with E-state index in [4.69, 9.17) is 5.73 Å². The summed E-state index contributed by atoms with van der Waals surface area (Å²) in [5, 5.41) is 0. The van der Waals surface area contributed by atoms with Crippen LogP contribution in [0.15, 0.2) is 24.4 Å². The lowest BCUT2D eigenvalue weighted by molar-refractivity contribution is 0.391. The number of hydrogen-bond acceptors (Lipinski definition) is 3. The number of rotatable bonds is 2. The summed E-state index contributed by atoms with van der Waals surface area (Å²) in [6, 6.07) is 3.15. The largest absolute Gasteiger partial charge is 0.326 e. The second kappa shape index (κ2) is 5.54. The molecule has 2 aromatic heterocycles. The van der Waals surface area contributed by atoms with Crippen molar-refractivity contribution < 1.29 is 13.2 Å².